The van der Waals surface area contributed by atoms with Gasteiger partial charge in [0.25, 0.3) is 5.91 Å². The van der Waals surface area contributed by atoms with Crippen molar-refractivity contribution < 1.29 is 9.21 Å². The van der Waals surface area contributed by atoms with Gasteiger partial charge in [0.15, 0.2) is 0 Å². The van der Waals surface area contributed by atoms with E-state index >= 15 is 0 Å². The van der Waals surface area contributed by atoms with Crippen LogP contribution in [0, 0.1) is 0 Å². The lowest BCUT2D eigenvalue weighted by Crippen LogP contribution is -2.33. The Hall–Kier alpha value is -3.08. The second-order valence-electron chi connectivity index (χ2n) is 6.88. The lowest BCUT2D eigenvalue weighted by Gasteiger charge is -2.12. The van der Waals surface area contributed by atoms with E-state index in [0.717, 1.165) is 29.2 Å². The zero-order valence-corrected chi connectivity index (χ0v) is 14.3. The maximum absolute atomic E-state index is 13.0. The first-order valence-electron chi connectivity index (χ1n) is 9.05. The van der Waals surface area contributed by atoms with Gasteiger partial charge in [-0.25, -0.2) is 0 Å². The molecule has 2 aromatic carbocycles. The molecule has 0 spiro atoms. The van der Waals surface area contributed by atoms with Gasteiger partial charge < -0.3 is 9.73 Å². The molecule has 5 rings (SSSR count). The molecule has 0 aliphatic heterocycles. The second kappa shape index (κ2) is 6.02. The lowest BCUT2D eigenvalue weighted by atomic mass is 10.0. The number of rotatable bonds is 3. The summed E-state index contributed by atoms with van der Waals surface area (Å²) >= 11 is 0. The number of hydrogen-bond acceptors (Lipinski definition) is 3. The Morgan fingerprint density at radius 1 is 1.12 bits per heavy atom. The van der Waals surface area contributed by atoms with E-state index in [0.29, 0.717) is 17.2 Å². The van der Waals surface area contributed by atoms with Gasteiger partial charge in [0.1, 0.15) is 17.7 Å². The minimum absolute atomic E-state index is 0.0889. The van der Waals surface area contributed by atoms with Gasteiger partial charge in [-0.2, -0.15) is 4.98 Å². The van der Waals surface area contributed by atoms with Gasteiger partial charge in [-0.3, -0.25) is 9.20 Å². The summed E-state index contributed by atoms with van der Waals surface area (Å²) in [7, 11) is 0. The van der Waals surface area contributed by atoms with E-state index in [2.05, 4.69) is 34.6 Å². The average molecular weight is 345 g/mol. The molecule has 1 aliphatic rings. The number of amides is 1. The second-order valence-corrected chi connectivity index (χ2v) is 6.88. The molecule has 1 aliphatic carbocycles. The quantitative estimate of drug-likeness (QED) is 0.598. The van der Waals surface area contributed by atoms with Crippen molar-refractivity contribution in [1.29, 1.82) is 0 Å². The Kier molecular flexibility index (Phi) is 3.52. The standard InChI is InChI=1S/C21H19N3O2/c25-20(22-17-7-3-4-8-17)19-18(23-21-24(19)11-12-26-21)16-10-9-14-5-1-2-6-15(14)13-16/h1-2,5-6,9-13,17H,3-4,7-8H2,(H,22,25). The van der Waals surface area contributed by atoms with E-state index in [1.54, 1.807) is 16.9 Å². The predicted octanol–water partition coefficient (Wildman–Crippen LogP) is 4.42. The molecule has 0 radical (unpaired) electrons. The van der Waals surface area contributed by atoms with Crippen LogP contribution in [0.15, 0.2) is 59.3 Å². The number of nitrogens with one attached hydrogen (secondary N) is 1. The molecule has 1 N–H and O–H groups in total. The van der Waals surface area contributed by atoms with Crippen LogP contribution in [0.2, 0.25) is 0 Å². The van der Waals surface area contributed by atoms with Crippen molar-refractivity contribution in [3.8, 4) is 11.3 Å². The summed E-state index contributed by atoms with van der Waals surface area (Å²) in [5.74, 6) is 0.346. The van der Waals surface area contributed by atoms with Gasteiger partial charge in [0.2, 0.25) is 0 Å². The summed E-state index contributed by atoms with van der Waals surface area (Å²) in [6.07, 6.45) is 7.75. The molecule has 26 heavy (non-hydrogen) atoms. The summed E-state index contributed by atoms with van der Waals surface area (Å²) in [6, 6.07) is 14.6. The highest BCUT2D eigenvalue weighted by molar-refractivity contribution is 6.00. The molecule has 1 amide bonds. The summed E-state index contributed by atoms with van der Waals surface area (Å²) < 4.78 is 7.17. The molecule has 1 saturated carbocycles. The van der Waals surface area contributed by atoms with Crippen molar-refractivity contribution in [3.05, 3.63) is 60.6 Å². The summed E-state index contributed by atoms with van der Waals surface area (Å²) in [5.41, 5.74) is 2.11. The Morgan fingerprint density at radius 2 is 1.92 bits per heavy atom. The summed E-state index contributed by atoms with van der Waals surface area (Å²) in [4.78, 5) is 17.6. The van der Waals surface area contributed by atoms with Crippen LogP contribution < -0.4 is 5.32 Å². The molecule has 0 unspecified atom stereocenters. The monoisotopic (exact) mass is 345 g/mol. The van der Waals surface area contributed by atoms with Gasteiger partial charge in [-0.15, -0.1) is 0 Å². The van der Waals surface area contributed by atoms with Crippen molar-refractivity contribution in [2.45, 2.75) is 31.7 Å². The van der Waals surface area contributed by atoms with Crippen LogP contribution >= 0.6 is 0 Å². The van der Waals surface area contributed by atoms with Gasteiger partial charge in [0.05, 0.1) is 0 Å². The molecule has 2 aromatic heterocycles. The number of carbonyl (C=O) groups is 1. The third-order valence-corrected chi connectivity index (χ3v) is 5.19. The number of carbonyl (C=O) groups excluding carboxylic acids is 1. The van der Waals surface area contributed by atoms with Crippen LogP contribution in [0.5, 0.6) is 0 Å². The van der Waals surface area contributed by atoms with Crippen LogP contribution in [-0.2, 0) is 0 Å². The van der Waals surface area contributed by atoms with Crippen molar-refractivity contribution in [1.82, 2.24) is 14.7 Å². The number of fused-ring (bicyclic) bond motifs is 2. The smallest absolute Gasteiger partial charge is 0.306 e. The fourth-order valence-electron chi connectivity index (χ4n) is 3.86. The van der Waals surface area contributed by atoms with E-state index in [1.165, 1.54) is 12.8 Å². The molecule has 0 atom stereocenters. The molecule has 130 valence electrons. The Labute approximate surface area is 150 Å². The predicted molar refractivity (Wildman–Crippen MR) is 100 cm³/mol. The SMILES string of the molecule is O=C(NC1CCCC1)c1c(-c2ccc3ccccc3c2)nc2occn12. The fourth-order valence-corrected chi connectivity index (χ4v) is 3.86. The van der Waals surface area contributed by atoms with E-state index in [9.17, 15) is 4.79 Å². The van der Waals surface area contributed by atoms with Crippen LogP contribution in [0.4, 0.5) is 0 Å². The molecule has 5 heteroatoms. The number of benzene rings is 2. The summed E-state index contributed by atoms with van der Waals surface area (Å²) in [6.45, 7) is 0. The normalized spacial score (nSPS) is 15.1. The van der Waals surface area contributed by atoms with Gasteiger partial charge >= 0.3 is 5.84 Å². The number of nitrogens with zero attached hydrogens (tertiary/aromatic N) is 2. The molecule has 1 fully saturated rings. The lowest BCUT2D eigenvalue weighted by molar-refractivity contribution is 0.0932. The van der Waals surface area contributed by atoms with Gasteiger partial charge in [-0.1, -0.05) is 49.2 Å². The topological polar surface area (TPSA) is 59.5 Å². The Morgan fingerprint density at radius 3 is 2.77 bits per heavy atom. The molecule has 0 saturated heterocycles. The minimum Gasteiger partial charge on any atom is -0.432 e. The van der Waals surface area contributed by atoms with Gasteiger partial charge in [0, 0.05) is 17.8 Å². The van der Waals surface area contributed by atoms with Crippen molar-refractivity contribution >= 4 is 22.5 Å². The first-order valence-corrected chi connectivity index (χ1v) is 9.05. The molecule has 5 nitrogen and oxygen atoms in total. The van der Waals surface area contributed by atoms with Crippen LogP contribution in [-0.4, -0.2) is 21.3 Å². The number of hydrogen-bond donors (Lipinski definition) is 1. The first-order chi connectivity index (χ1) is 12.8. The third-order valence-electron chi connectivity index (χ3n) is 5.19. The third kappa shape index (κ3) is 2.47. The Bertz CT molecular complexity index is 1100. The van der Waals surface area contributed by atoms with Gasteiger partial charge in [-0.05, 0) is 29.7 Å². The highest BCUT2D eigenvalue weighted by atomic mass is 16.3. The molecule has 4 aromatic rings. The average Bonchev–Trinajstić information content (AvgIpc) is 3.38. The molecule has 0 bridgehead atoms. The maximum Gasteiger partial charge on any atom is 0.306 e. The highest BCUT2D eigenvalue weighted by Gasteiger charge is 2.25. The highest BCUT2D eigenvalue weighted by Crippen LogP contribution is 2.28. The van der Waals surface area contributed by atoms with Crippen molar-refractivity contribution in [2.75, 3.05) is 0 Å². The van der Waals surface area contributed by atoms with E-state index in [4.69, 9.17) is 4.42 Å². The van der Waals surface area contributed by atoms with E-state index < -0.39 is 0 Å². The van der Waals surface area contributed by atoms with Crippen LogP contribution in [0.3, 0.4) is 0 Å². The zero-order valence-electron chi connectivity index (χ0n) is 14.3. The Balaban J connectivity index is 1.62. The number of aromatic nitrogens is 2. The molecular weight excluding hydrogens is 326 g/mol. The van der Waals surface area contributed by atoms with Crippen LogP contribution in [0.1, 0.15) is 36.2 Å². The minimum atomic E-state index is -0.0889. The first kappa shape index (κ1) is 15.2. The molecular formula is C21H19N3O2. The number of oxazole rings is 1. The van der Waals surface area contributed by atoms with E-state index in [1.807, 2.05) is 18.2 Å². The largest absolute Gasteiger partial charge is 0.432 e. The van der Waals surface area contributed by atoms with Crippen LogP contribution in [0.25, 0.3) is 27.9 Å². The van der Waals surface area contributed by atoms with Crippen molar-refractivity contribution in [3.63, 3.8) is 0 Å². The number of imidazole rings is 1. The molecule has 2 heterocycles. The fraction of sp³-hybridized carbons (Fsp3) is 0.238. The maximum atomic E-state index is 13.0. The summed E-state index contributed by atoms with van der Waals surface area (Å²) in [5, 5.41) is 5.45. The zero-order chi connectivity index (χ0) is 17.5. The van der Waals surface area contributed by atoms with E-state index in [-0.39, 0.29) is 11.9 Å². The van der Waals surface area contributed by atoms with Crippen molar-refractivity contribution in [2.24, 2.45) is 0 Å².